The van der Waals surface area contributed by atoms with Gasteiger partial charge in [0.1, 0.15) is 22.8 Å². The molecule has 6 nitrogen and oxygen atoms in total. The van der Waals surface area contributed by atoms with Crippen LogP contribution < -0.4 is 9.47 Å². The van der Waals surface area contributed by atoms with Crippen LogP contribution in [0.4, 0.5) is 13.2 Å². The number of carbonyl (C=O) groups is 1. The van der Waals surface area contributed by atoms with Gasteiger partial charge in [0.2, 0.25) is 0 Å². The molecule has 0 unspecified atom stereocenters. The van der Waals surface area contributed by atoms with E-state index in [1.54, 1.807) is 18.2 Å². The molecule has 0 aliphatic rings. The molecule has 9 heteroatoms. The quantitative estimate of drug-likeness (QED) is 0.501. The Morgan fingerprint density at radius 1 is 1.07 bits per heavy atom. The summed E-state index contributed by atoms with van der Waals surface area (Å²) in [7, 11) is 1.47. The van der Waals surface area contributed by atoms with E-state index in [1.165, 1.54) is 31.4 Å². The van der Waals surface area contributed by atoms with Crippen molar-refractivity contribution in [3.05, 3.63) is 54.1 Å². The summed E-state index contributed by atoms with van der Waals surface area (Å²) in [5, 5.41) is 10.3. The number of carboxylic acids is 1. The van der Waals surface area contributed by atoms with Crippen LogP contribution in [0.5, 0.6) is 11.5 Å². The molecular weight excluding hydrogens is 391 g/mol. The monoisotopic (exact) mass is 403 g/mol. The molecule has 0 bridgehead atoms. The molecule has 29 heavy (non-hydrogen) atoms. The number of pyridine rings is 1. The number of alkyl halides is 3. The van der Waals surface area contributed by atoms with Gasteiger partial charge in [0.15, 0.2) is 5.76 Å². The highest BCUT2D eigenvalue weighted by Gasteiger charge is 2.31. The molecule has 2 aromatic heterocycles. The lowest BCUT2D eigenvalue weighted by atomic mass is 10.1. The van der Waals surface area contributed by atoms with E-state index in [0.29, 0.717) is 27.6 Å². The number of rotatable bonds is 4. The molecule has 0 aliphatic heterocycles. The Morgan fingerprint density at radius 3 is 2.52 bits per heavy atom. The summed E-state index contributed by atoms with van der Waals surface area (Å²) in [6.45, 7) is 0. The van der Waals surface area contributed by atoms with Crippen molar-refractivity contribution in [3.63, 3.8) is 0 Å². The van der Waals surface area contributed by atoms with E-state index in [0.717, 1.165) is 6.07 Å². The van der Waals surface area contributed by atoms with Gasteiger partial charge < -0.3 is 19.0 Å². The number of aromatic nitrogens is 1. The number of fused-ring (bicyclic) bond motifs is 2. The number of halogens is 3. The normalized spacial score (nSPS) is 11.7. The van der Waals surface area contributed by atoms with Crippen LogP contribution in [0, 0.1) is 0 Å². The van der Waals surface area contributed by atoms with E-state index in [2.05, 4.69) is 9.72 Å². The lowest BCUT2D eigenvalue weighted by Crippen LogP contribution is -2.16. The molecule has 2 aromatic carbocycles. The van der Waals surface area contributed by atoms with Gasteiger partial charge in [-0.3, -0.25) is 0 Å². The number of benzene rings is 2. The minimum absolute atomic E-state index is 0.00884. The number of nitrogens with zero attached hydrogens (tertiary/aromatic N) is 1. The molecule has 0 radical (unpaired) electrons. The predicted molar refractivity (Wildman–Crippen MR) is 97.1 cm³/mol. The highest BCUT2D eigenvalue weighted by molar-refractivity contribution is 6.04. The molecule has 2 heterocycles. The third kappa shape index (κ3) is 3.66. The van der Waals surface area contributed by atoms with Gasteiger partial charge in [-0.15, -0.1) is 13.2 Å². The maximum atomic E-state index is 12.4. The zero-order valence-corrected chi connectivity index (χ0v) is 14.8. The average Bonchev–Trinajstić information content (AvgIpc) is 3.08. The maximum Gasteiger partial charge on any atom is 0.573 e. The van der Waals surface area contributed by atoms with Crippen molar-refractivity contribution in [2.24, 2.45) is 0 Å². The van der Waals surface area contributed by atoms with Gasteiger partial charge in [-0.05, 0) is 48.5 Å². The number of furan rings is 1. The Kier molecular flexibility index (Phi) is 4.30. The zero-order chi connectivity index (χ0) is 20.8. The molecular formula is C20H12F3NO5. The fourth-order valence-corrected chi connectivity index (χ4v) is 2.98. The fourth-order valence-electron chi connectivity index (χ4n) is 2.98. The molecule has 0 spiro atoms. The first-order valence-corrected chi connectivity index (χ1v) is 8.25. The third-order valence-corrected chi connectivity index (χ3v) is 4.22. The minimum Gasteiger partial charge on any atom is -0.497 e. The molecule has 4 rings (SSSR count). The van der Waals surface area contributed by atoms with Crippen LogP contribution in [0.3, 0.4) is 0 Å². The molecule has 4 aromatic rings. The predicted octanol–water partition coefficient (Wildman–Crippen LogP) is 5.25. The lowest BCUT2D eigenvalue weighted by Gasteiger charge is -2.07. The van der Waals surface area contributed by atoms with Gasteiger partial charge in [-0.1, -0.05) is 0 Å². The van der Waals surface area contributed by atoms with Crippen molar-refractivity contribution in [2.45, 2.75) is 6.36 Å². The summed E-state index contributed by atoms with van der Waals surface area (Å²) in [6.07, 6.45) is -4.81. The number of ether oxygens (including phenoxy) is 2. The van der Waals surface area contributed by atoms with Crippen molar-refractivity contribution < 1.29 is 37.0 Å². The van der Waals surface area contributed by atoms with Crippen LogP contribution in [-0.4, -0.2) is 29.5 Å². The van der Waals surface area contributed by atoms with E-state index in [1.807, 2.05) is 0 Å². The second-order valence-corrected chi connectivity index (χ2v) is 6.10. The first-order valence-electron chi connectivity index (χ1n) is 8.25. The summed E-state index contributed by atoms with van der Waals surface area (Å²) < 4.78 is 51.9. The Morgan fingerprint density at radius 2 is 1.83 bits per heavy atom. The Labute approximate surface area is 161 Å². The van der Waals surface area contributed by atoms with E-state index in [9.17, 15) is 23.1 Å². The van der Waals surface area contributed by atoms with Crippen molar-refractivity contribution >= 4 is 27.8 Å². The Hall–Kier alpha value is -3.75. The molecule has 148 valence electrons. The van der Waals surface area contributed by atoms with Crippen molar-refractivity contribution in [2.75, 3.05) is 7.11 Å². The van der Waals surface area contributed by atoms with Gasteiger partial charge in [-0.25, -0.2) is 9.78 Å². The van der Waals surface area contributed by atoms with Gasteiger partial charge in [0.05, 0.1) is 18.2 Å². The Balaban J connectivity index is 1.83. The first kappa shape index (κ1) is 18.6. The highest BCUT2D eigenvalue weighted by Crippen LogP contribution is 2.33. The van der Waals surface area contributed by atoms with Crippen molar-refractivity contribution in [1.29, 1.82) is 0 Å². The number of aromatic carboxylic acids is 1. The SMILES string of the molecule is COc1ccc2nc(-c3cc4cc(OC(F)(F)F)ccc4o3)cc(C(=O)O)c2c1. The van der Waals surface area contributed by atoms with Crippen molar-refractivity contribution in [1.82, 2.24) is 4.98 Å². The van der Waals surface area contributed by atoms with Crippen LogP contribution in [0.25, 0.3) is 33.3 Å². The largest absolute Gasteiger partial charge is 0.573 e. The second-order valence-electron chi connectivity index (χ2n) is 6.10. The molecule has 0 aliphatic carbocycles. The molecule has 0 fully saturated rings. The Bertz CT molecular complexity index is 1250. The van der Waals surface area contributed by atoms with E-state index in [-0.39, 0.29) is 22.8 Å². The molecule has 1 N–H and O–H groups in total. The average molecular weight is 403 g/mol. The van der Waals surface area contributed by atoms with Gasteiger partial charge in [-0.2, -0.15) is 0 Å². The van der Waals surface area contributed by atoms with Crippen molar-refractivity contribution in [3.8, 4) is 23.0 Å². The van der Waals surface area contributed by atoms with Crippen LogP contribution in [0.1, 0.15) is 10.4 Å². The summed E-state index contributed by atoms with van der Waals surface area (Å²) in [5.41, 5.74) is 0.935. The topological polar surface area (TPSA) is 81.8 Å². The lowest BCUT2D eigenvalue weighted by molar-refractivity contribution is -0.274. The van der Waals surface area contributed by atoms with Crippen LogP contribution in [0.2, 0.25) is 0 Å². The van der Waals surface area contributed by atoms with E-state index >= 15 is 0 Å². The molecule has 0 atom stereocenters. The van der Waals surface area contributed by atoms with E-state index in [4.69, 9.17) is 9.15 Å². The molecule has 0 saturated carbocycles. The number of carboxylic acid groups (broad SMARTS) is 1. The van der Waals surface area contributed by atoms with Crippen LogP contribution in [0.15, 0.2) is 52.9 Å². The maximum absolute atomic E-state index is 12.4. The molecule has 0 amide bonds. The number of hydrogen-bond acceptors (Lipinski definition) is 5. The zero-order valence-electron chi connectivity index (χ0n) is 14.8. The summed E-state index contributed by atoms with van der Waals surface area (Å²) in [5.74, 6) is -0.856. The first-order chi connectivity index (χ1) is 13.7. The standard InChI is InChI=1S/C20H12F3NO5/c1-27-11-2-4-15-13(8-11)14(19(25)26)9-16(24-15)18-7-10-6-12(29-20(21,22)23)3-5-17(10)28-18/h2-9H,1H3,(H,25,26). The fraction of sp³-hybridized carbons (Fsp3) is 0.100. The number of methoxy groups -OCH3 is 1. The second kappa shape index (κ2) is 6.69. The number of hydrogen-bond donors (Lipinski definition) is 1. The smallest absolute Gasteiger partial charge is 0.497 e. The summed E-state index contributed by atoms with van der Waals surface area (Å²) in [6, 6.07) is 11.3. The highest BCUT2D eigenvalue weighted by atomic mass is 19.4. The minimum atomic E-state index is -4.81. The van der Waals surface area contributed by atoms with E-state index < -0.39 is 12.3 Å². The summed E-state index contributed by atoms with van der Waals surface area (Å²) in [4.78, 5) is 16.1. The van der Waals surface area contributed by atoms with Gasteiger partial charge >= 0.3 is 12.3 Å². The van der Waals surface area contributed by atoms with Crippen LogP contribution >= 0.6 is 0 Å². The van der Waals surface area contributed by atoms with Gasteiger partial charge in [0.25, 0.3) is 0 Å². The van der Waals surface area contributed by atoms with Crippen LogP contribution in [-0.2, 0) is 0 Å². The third-order valence-electron chi connectivity index (χ3n) is 4.22. The summed E-state index contributed by atoms with van der Waals surface area (Å²) >= 11 is 0. The molecule has 0 saturated heterocycles. The van der Waals surface area contributed by atoms with Gasteiger partial charge in [0, 0.05) is 10.8 Å².